The molecule has 0 saturated carbocycles. The van der Waals surface area contributed by atoms with E-state index in [1.165, 1.54) is 5.97 Å². The Morgan fingerprint density at radius 2 is 1.71 bits per heavy atom. The summed E-state index contributed by atoms with van der Waals surface area (Å²) in [5.41, 5.74) is 0. The molecule has 6 heteroatoms. The van der Waals surface area contributed by atoms with Crippen molar-refractivity contribution in [1.82, 2.24) is 0 Å². The molecule has 0 aliphatic heterocycles. The minimum absolute atomic E-state index is 0. The molecule has 1 nitrogen and oxygen atoms in total. The van der Waals surface area contributed by atoms with Crippen LogP contribution in [-0.2, 0) is 10.1 Å². The Labute approximate surface area is 97.5 Å². The van der Waals surface area contributed by atoms with Gasteiger partial charge in [0.1, 0.15) is 0 Å². The number of rotatable bonds is 0. The van der Waals surface area contributed by atoms with Crippen molar-refractivity contribution in [2.24, 2.45) is 0 Å². The molecule has 0 rings (SSSR count). The molecule has 0 aliphatic rings. The predicted octanol–water partition coefficient (Wildman–Crippen LogP) is -1.48. The third-order valence-corrected chi connectivity index (χ3v) is 0. The molecule has 2 radical (unpaired) electrons. The molecule has 0 atom stereocenters. The van der Waals surface area contributed by atoms with Crippen LogP contribution >= 0.6 is 39.5 Å². The van der Waals surface area contributed by atoms with Gasteiger partial charge in [-0.1, -0.05) is 0 Å². The van der Waals surface area contributed by atoms with Crippen LogP contribution in [-0.4, -0.2) is 7.85 Å². The second kappa shape index (κ2) is 23.4. The summed E-state index contributed by atoms with van der Waals surface area (Å²) in [5.74, 6) is 1.25. The molecular formula is CHBI2NNaZn. The van der Waals surface area contributed by atoms with Gasteiger partial charge in [-0.25, -0.2) is 5.26 Å². The topological polar surface area (TPSA) is 23.8 Å². The quantitative estimate of drug-likeness (QED) is 0.372. The first-order chi connectivity index (χ1) is 2.83. The van der Waals surface area contributed by atoms with Crippen LogP contribution in [0.4, 0.5) is 0 Å². The van der Waals surface area contributed by atoms with Crippen molar-refractivity contribution in [2.45, 2.75) is 0 Å². The van der Waals surface area contributed by atoms with Gasteiger partial charge >= 0.3 is 79.2 Å². The Bertz CT molecular complexity index is 51.8. The van der Waals surface area contributed by atoms with Crippen molar-refractivity contribution in [1.29, 1.82) is 5.26 Å². The van der Waals surface area contributed by atoms with Crippen molar-refractivity contribution in [3.05, 3.63) is 0 Å². The maximum Gasteiger partial charge on any atom is 1.00 e. The average Bonchev–Trinajstić information content (AvgIpc) is 1.39. The summed E-state index contributed by atoms with van der Waals surface area (Å²) in [5, 5.41) is 7.10. The molecule has 0 amide bonds. The van der Waals surface area contributed by atoms with Crippen LogP contribution in [0.2, 0.25) is 0 Å². The second-order valence-corrected chi connectivity index (χ2v) is 23.7. The van der Waals surface area contributed by atoms with Crippen LogP contribution in [0.15, 0.2) is 0 Å². The van der Waals surface area contributed by atoms with Crippen molar-refractivity contribution >= 4 is 47.3 Å². The minimum atomic E-state index is 0. The molecule has 0 aromatic carbocycles. The number of halogens is 2. The molecule has 0 saturated heterocycles. The first-order valence-electron chi connectivity index (χ1n) is 1.05. The monoisotopic (exact) mass is 379 g/mol. The van der Waals surface area contributed by atoms with Crippen LogP contribution in [0.25, 0.3) is 0 Å². The summed E-state index contributed by atoms with van der Waals surface area (Å²) < 4.78 is 0. The number of nitriles is 1. The molecular weight excluding hydrogens is 379 g/mol. The standard InChI is InChI=1S/CBN.2HI.Na.Zn.H/c2-1-3;;;;;/h;2*1H;;;/q;;;+1;+2;-1/p-2. The maximum atomic E-state index is 7.10. The Kier molecular flexibility index (Phi) is 54.6. The van der Waals surface area contributed by atoms with Gasteiger partial charge in [0.25, 0.3) is 0 Å². The molecule has 30 valence electrons. The van der Waals surface area contributed by atoms with Crippen molar-refractivity contribution in [3.8, 4) is 5.97 Å². The van der Waals surface area contributed by atoms with Gasteiger partial charge in [-0.2, -0.15) is 0 Å². The van der Waals surface area contributed by atoms with Crippen molar-refractivity contribution in [3.63, 3.8) is 0 Å². The fraction of sp³-hybridized carbons (Fsp3) is 0. The second-order valence-electron chi connectivity index (χ2n) is 0.230. The molecule has 0 spiro atoms. The van der Waals surface area contributed by atoms with E-state index in [1.807, 2.05) is 0 Å². The third-order valence-electron chi connectivity index (χ3n) is 0. The fourth-order valence-electron chi connectivity index (χ4n) is 0. The summed E-state index contributed by atoms with van der Waals surface area (Å²) in [6.45, 7) is 0. The molecule has 0 bridgehead atoms. The molecule has 0 N–H and O–H groups in total. The number of hydrogen-bond donors (Lipinski definition) is 0. The fourth-order valence-corrected chi connectivity index (χ4v) is 0. The van der Waals surface area contributed by atoms with E-state index in [9.17, 15) is 0 Å². The van der Waals surface area contributed by atoms with E-state index < -0.39 is 0 Å². The third kappa shape index (κ3) is 54.7. The van der Waals surface area contributed by atoms with Gasteiger partial charge in [-0.3, -0.25) is 0 Å². The SMILES string of the molecule is [B]C#N.[H-].[I][Zn][I].[Na+]. The first-order valence-corrected chi connectivity index (χ1v) is 19.1. The van der Waals surface area contributed by atoms with Gasteiger partial charge in [0.15, 0.2) is 0 Å². The zero-order chi connectivity index (χ0) is 5.41. The molecule has 0 aromatic heterocycles. The van der Waals surface area contributed by atoms with Gasteiger partial charge in [-0.15, -0.1) is 0 Å². The first kappa shape index (κ1) is 16.3. The maximum absolute atomic E-state index is 7.10. The molecule has 7 heavy (non-hydrogen) atoms. The Balaban J connectivity index is -0.0000000160. The van der Waals surface area contributed by atoms with E-state index in [2.05, 4.69) is 47.3 Å². The van der Waals surface area contributed by atoms with E-state index in [0.717, 1.165) is 0 Å². The van der Waals surface area contributed by atoms with Crippen LogP contribution in [0.1, 0.15) is 1.43 Å². The van der Waals surface area contributed by atoms with Gasteiger partial charge in [0.05, 0.1) is 0 Å². The molecule has 0 fully saturated rings. The molecule has 0 aromatic rings. The van der Waals surface area contributed by atoms with Gasteiger partial charge < -0.3 is 1.43 Å². The molecule has 0 unspecified atom stereocenters. The minimum Gasteiger partial charge on any atom is 1.00 e. The number of hydrogen-bond acceptors (Lipinski definition) is 1. The van der Waals surface area contributed by atoms with Crippen LogP contribution in [0, 0.1) is 11.2 Å². The van der Waals surface area contributed by atoms with Crippen molar-refractivity contribution < 1.29 is 41.1 Å². The zero-order valence-corrected chi connectivity index (χ0v) is 13.3. The van der Waals surface area contributed by atoms with E-state index in [0.29, 0.717) is 0 Å². The summed E-state index contributed by atoms with van der Waals surface area (Å²) in [4.78, 5) is 0. The van der Waals surface area contributed by atoms with Gasteiger partial charge in [0, 0.05) is 0 Å². The Morgan fingerprint density at radius 1 is 1.71 bits per heavy atom. The Morgan fingerprint density at radius 3 is 1.71 bits per heavy atom. The van der Waals surface area contributed by atoms with Crippen LogP contribution in [0.3, 0.4) is 0 Å². The molecule has 0 heterocycles. The Hall–Kier alpha value is 2.64. The summed E-state index contributed by atoms with van der Waals surface area (Å²) in [6.07, 6.45) is 0. The van der Waals surface area contributed by atoms with E-state index in [4.69, 9.17) is 5.26 Å². The summed E-state index contributed by atoms with van der Waals surface area (Å²) in [7, 11) is 4.22. The largest absolute Gasteiger partial charge is 1.00 e. The summed E-state index contributed by atoms with van der Waals surface area (Å²) >= 11 is 4.93. The van der Waals surface area contributed by atoms with Gasteiger partial charge in [0.2, 0.25) is 7.85 Å². The predicted molar refractivity (Wildman–Crippen MR) is 40.5 cm³/mol. The average molecular weight is 380 g/mol. The normalized spacial score (nSPS) is 2.43. The smallest absolute Gasteiger partial charge is 1.00 e. The van der Waals surface area contributed by atoms with Gasteiger partial charge in [-0.05, 0) is 5.97 Å². The van der Waals surface area contributed by atoms with E-state index in [1.54, 1.807) is 0 Å². The zero-order valence-electron chi connectivity index (χ0n) is 4.99. The van der Waals surface area contributed by atoms with E-state index >= 15 is 0 Å². The number of nitrogens with zero attached hydrogens (tertiary/aromatic N) is 1. The molecule has 0 aliphatic carbocycles. The van der Waals surface area contributed by atoms with Crippen LogP contribution in [0.5, 0.6) is 0 Å². The van der Waals surface area contributed by atoms with E-state index in [-0.39, 0.29) is 41.1 Å². The van der Waals surface area contributed by atoms with Crippen molar-refractivity contribution in [2.75, 3.05) is 0 Å². The summed E-state index contributed by atoms with van der Waals surface area (Å²) in [6, 6.07) is 0. The van der Waals surface area contributed by atoms with Crippen LogP contribution < -0.4 is 29.6 Å².